The number of fused-ring (bicyclic) bond motifs is 1. The van der Waals surface area contributed by atoms with E-state index in [1.165, 1.54) is 12.3 Å². The fraction of sp³-hybridized carbons (Fsp3) is 0.250. The van der Waals surface area contributed by atoms with Gasteiger partial charge in [0, 0.05) is 18.2 Å². The molecule has 2 atom stereocenters. The quantitative estimate of drug-likeness (QED) is 0.445. The van der Waals surface area contributed by atoms with E-state index in [0.29, 0.717) is 0 Å². The molecule has 3 aromatic rings. The molecular weight excluding hydrogens is 513 g/mol. The van der Waals surface area contributed by atoms with Gasteiger partial charge in [-0.25, -0.2) is 4.39 Å². The Balaban J connectivity index is 1.73. The van der Waals surface area contributed by atoms with E-state index in [0.717, 1.165) is 42.5 Å². The van der Waals surface area contributed by atoms with Gasteiger partial charge in [-0.1, -0.05) is 18.2 Å². The number of alkyl halides is 6. The van der Waals surface area contributed by atoms with Gasteiger partial charge < -0.3 is 19.9 Å². The normalized spacial score (nSPS) is 18.4. The molecule has 4 rings (SSSR count). The van der Waals surface area contributed by atoms with Crippen molar-refractivity contribution < 1.29 is 50.1 Å². The first kappa shape index (κ1) is 26.2. The van der Waals surface area contributed by atoms with Crippen LogP contribution in [-0.4, -0.2) is 35.1 Å². The molecule has 2 aromatic carbocycles. The lowest BCUT2D eigenvalue weighted by molar-refractivity contribution is -0.275. The van der Waals surface area contributed by atoms with Crippen LogP contribution in [0.3, 0.4) is 0 Å². The summed E-state index contributed by atoms with van der Waals surface area (Å²) in [5, 5.41) is 12.1. The molecule has 13 heteroatoms. The summed E-state index contributed by atoms with van der Waals surface area (Å²) in [5.74, 6) is -3.00. The maximum atomic E-state index is 14.7. The number of ether oxygens (including phenoxy) is 2. The Bertz CT molecular complexity index is 1300. The van der Waals surface area contributed by atoms with Crippen LogP contribution in [0.4, 0.5) is 30.7 Å². The zero-order valence-electron chi connectivity index (χ0n) is 18.5. The molecule has 0 bridgehead atoms. The number of halogens is 7. The van der Waals surface area contributed by atoms with Crippen LogP contribution < -0.4 is 14.8 Å². The smallest absolute Gasteiger partial charge is 0.491 e. The van der Waals surface area contributed by atoms with E-state index in [-0.39, 0.29) is 35.6 Å². The number of benzene rings is 2. The van der Waals surface area contributed by atoms with Gasteiger partial charge in [0.25, 0.3) is 5.91 Å². The van der Waals surface area contributed by atoms with Crippen molar-refractivity contribution in [2.75, 3.05) is 6.61 Å². The van der Waals surface area contributed by atoms with Crippen LogP contribution in [-0.2, 0) is 5.54 Å². The molecule has 1 aromatic heterocycles. The topological polar surface area (TPSA) is 80.7 Å². The molecule has 1 unspecified atom stereocenters. The minimum atomic E-state index is -5.13. The number of aromatic nitrogens is 1. The predicted octanol–water partition coefficient (Wildman–Crippen LogP) is 5.17. The van der Waals surface area contributed by atoms with E-state index in [9.17, 15) is 40.6 Å². The Hall–Kier alpha value is -3.87. The van der Waals surface area contributed by atoms with E-state index in [4.69, 9.17) is 4.74 Å². The fourth-order valence-corrected chi connectivity index (χ4v) is 3.98. The van der Waals surface area contributed by atoms with Crippen molar-refractivity contribution in [3.05, 3.63) is 89.0 Å². The van der Waals surface area contributed by atoms with Gasteiger partial charge in [0.1, 0.15) is 17.0 Å². The van der Waals surface area contributed by atoms with Crippen molar-refractivity contribution in [3.63, 3.8) is 0 Å². The third-order valence-corrected chi connectivity index (χ3v) is 5.69. The van der Waals surface area contributed by atoms with Crippen LogP contribution in [0.15, 0.2) is 60.8 Å². The minimum Gasteiger partial charge on any atom is -0.491 e. The first-order valence-electron chi connectivity index (χ1n) is 10.6. The Morgan fingerprint density at radius 1 is 1.08 bits per heavy atom. The van der Waals surface area contributed by atoms with Gasteiger partial charge in [0.05, 0.1) is 6.61 Å². The zero-order chi connectivity index (χ0) is 27.0. The molecule has 0 radical (unpaired) electrons. The molecule has 0 saturated heterocycles. The van der Waals surface area contributed by atoms with Crippen molar-refractivity contribution >= 4 is 5.91 Å². The van der Waals surface area contributed by atoms with Crippen molar-refractivity contribution in [2.45, 2.75) is 30.6 Å². The second-order valence-electron chi connectivity index (χ2n) is 8.07. The summed E-state index contributed by atoms with van der Waals surface area (Å²) in [6.45, 7) is 0.0120. The second-order valence-corrected chi connectivity index (χ2v) is 8.07. The number of amides is 1. The summed E-state index contributed by atoms with van der Waals surface area (Å²) in [6.07, 6.45) is -11.4. The van der Waals surface area contributed by atoms with Gasteiger partial charge in [0.2, 0.25) is 0 Å². The first-order chi connectivity index (χ1) is 17.3. The molecule has 6 nitrogen and oxygen atoms in total. The molecule has 1 aliphatic heterocycles. The summed E-state index contributed by atoms with van der Waals surface area (Å²) < 4.78 is 100. The van der Waals surface area contributed by atoms with Gasteiger partial charge in [-0.3, -0.25) is 9.78 Å². The number of aliphatic hydroxyl groups is 1. The van der Waals surface area contributed by atoms with E-state index < -0.39 is 47.2 Å². The van der Waals surface area contributed by atoms with Crippen LogP contribution in [0.25, 0.3) is 0 Å². The molecule has 2 heterocycles. The number of carbonyl (C=O) groups excluding carboxylic acids is 1. The van der Waals surface area contributed by atoms with Crippen molar-refractivity contribution in [2.24, 2.45) is 0 Å². The lowest BCUT2D eigenvalue weighted by atomic mass is 9.81. The Kier molecular flexibility index (Phi) is 6.76. The standard InChI is InChI=1S/C24H17F7N2O4/c25-16-12-15(7-8-17(16)37-24(29,30)31)22(9-11-36-18-2-1-10-32-19(18)22)33-21(35)14-5-3-13(4-6-14)20(34)23(26,27)28/h1-8,10,12,20,34H,9,11H2,(H,33,35)/t20-,22?/m1/s1. The fourth-order valence-electron chi connectivity index (χ4n) is 3.98. The van der Waals surface area contributed by atoms with Gasteiger partial charge >= 0.3 is 12.5 Å². The van der Waals surface area contributed by atoms with Crippen molar-refractivity contribution in [3.8, 4) is 11.5 Å². The molecule has 196 valence electrons. The van der Waals surface area contributed by atoms with Crippen LogP contribution >= 0.6 is 0 Å². The molecular formula is C24H17F7N2O4. The number of hydrogen-bond acceptors (Lipinski definition) is 5. The average molecular weight is 530 g/mol. The summed E-state index contributed by atoms with van der Waals surface area (Å²) in [4.78, 5) is 17.4. The molecule has 0 spiro atoms. The lowest BCUT2D eigenvalue weighted by Gasteiger charge is -2.39. The predicted molar refractivity (Wildman–Crippen MR) is 113 cm³/mol. The SMILES string of the molecule is O=C(NC1(c2ccc(OC(F)(F)F)c(F)c2)CCOc2cccnc21)c1ccc([C@@H](O)C(F)(F)F)cc1. The van der Waals surface area contributed by atoms with Crippen LogP contribution in [0.5, 0.6) is 11.5 Å². The van der Waals surface area contributed by atoms with Crippen molar-refractivity contribution in [1.82, 2.24) is 10.3 Å². The van der Waals surface area contributed by atoms with Crippen molar-refractivity contribution in [1.29, 1.82) is 0 Å². The summed E-state index contributed by atoms with van der Waals surface area (Å²) in [7, 11) is 0. The second kappa shape index (κ2) is 9.54. The number of nitrogens with one attached hydrogen (secondary N) is 1. The first-order valence-corrected chi connectivity index (χ1v) is 10.6. The molecule has 0 aliphatic carbocycles. The Morgan fingerprint density at radius 2 is 1.78 bits per heavy atom. The number of rotatable bonds is 5. The van der Waals surface area contributed by atoms with Gasteiger partial charge in [0.15, 0.2) is 17.7 Å². The maximum absolute atomic E-state index is 14.7. The monoisotopic (exact) mass is 530 g/mol. The largest absolute Gasteiger partial charge is 0.573 e. The summed E-state index contributed by atoms with van der Waals surface area (Å²) >= 11 is 0. The number of aliphatic hydroxyl groups excluding tert-OH is 1. The highest BCUT2D eigenvalue weighted by Gasteiger charge is 2.44. The maximum Gasteiger partial charge on any atom is 0.573 e. The van der Waals surface area contributed by atoms with E-state index in [2.05, 4.69) is 15.0 Å². The average Bonchev–Trinajstić information content (AvgIpc) is 2.83. The molecule has 1 amide bonds. The highest BCUT2D eigenvalue weighted by Crippen LogP contribution is 2.42. The minimum absolute atomic E-state index is 0.00740. The number of carbonyl (C=O) groups is 1. The van der Waals surface area contributed by atoms with Crippen LogP contribution in [0, 0.1) is 5.82 Å². The van der Waals surface area contributed by atoms with Crippen LogP contribution in [0.2, 0.25) is 0 Å². The Morgan fingerprint density at radius 3 is 2.41 bits per heavy atom. The molecule has 0 saturated carbocycles. The Labute approximate surface area is 204 Å². The van der Waals surface area contributed by atoms with E-state index in [1.807, 2.05) is 0 Å². The molecule has 2 N–H and O–H groups in total. The molecule has 1 aliphatic rings. The zero-order valence-corrected chi connectivity index (χ0v) is 18.5. The number of pyridine rings is 1. The third kappa shape index (κ3) is 5.45. The molecule has 37 heavy (non-hydrogen) atoms. The van der Waals surface area contributed by atoms with Gasteiger partial charge in [-0.05, 0) is 47.5 Å². The van der Waals surface area contributed by atoms with Gasteiger partial charge in [-0.15, -0.1) is 13.2 Å². The highest BCUT2D eigenvalue weighted by molar-refractivity contribution is 5.95. The highest BCUT2D eigenvalue weighted by atomic mass is 19.4. The van der Waals surface area contributed by atoms with Gasteiger partial charge in [-0.2, -0.15) is 13.2 Å². The number of hydrogen-bond donors (Lipinski definition) is 2. The third-order valence-electron chi connectivity index (χ3n) is 5.69. The van der Waals surface area contributed by atoms with E-state index in [1.54, 1.807) is 6.07 Å². The van der Waals surface area contributed by atoms with Crippen LogP contribution in [0.1, 0.15) is 39.7 Å². The molecule has 0 fully saturated rings. The number of nitrogens with zero attached hydrogens (tertiary/aromatic N) is 1. The summed E-state index contributed by atoms with van der Waals surface area (Å²) in [6, 6.07) is 9.73. The summed E-state index contributed by atoms with van der Waals surface area (Å²) in [5.41, 5.74) is -1.99. The lowest BCUT2D eigenvalue weighted by Crippen LogP contribution is -2.50. The van der Waals surface area contributed by atoms with E-state index >= 15 is 0 Å².